The average Bonchev–Trinajstić information content (AvgIpc) is 2.98. The number of fused-ring (bicyclic) bond motifs is 1. The largest absolute Gasteiger partial charge is 0.356 e. The summed E-state index contributed by atoms with van der Waals surface area (Å²) >= 11 is 1.79. The third kappa shape index (κ3) is 5.05. The van der Waals surface area contributed by atoms with Gasteiger partial charge in [0.25, 0.3) is 0 Å². The van der Waals surface area contributed by atoms with Gasteiger partial charge in [-0.2, -0.15) is 0 Å². The van der Waals surface area contributed by atoms with Crippen LogP contribution in [0, 0.1) is 13.8 Å². The highest BCUT2D eigenvalue weighted by molar-refractivity contribution is 7.11. The number of benzene rings is 1. The molecule has 0 bridgehead atoms. The lowest BCUT2D eigenvalue weighted by Gasteiger charge is -2.28. The highest BCUT2D eigenvalue weighted by Crippen LogP contribution is 2.18. The lowest BCUT2D eigenvalue weighted by atomic mass is 10.00. The summed E-state index contributed by atoms with van der Waals surface area (Å²) < 4.78 is 0. The molecule has 1 aromatic carbocycles. The summed E-state index contributed by atoms with van der Waals surface area (Å²) in [6.07, 6.45) is 2.08. The topological polar surface area (TPSA) is 52.6 Å². The van der Waals surface area contributed by atoms with E-state index in [9.17, 15) is 0 Å². The number of aromatic nitrogens is 1. The van der Waals surface area contributed by atoms with Gasteiger partial charge in [0.1, 0.15) is 0 Å². The first-order valence-electron chi connectivity index (χ1n) is 9.32. The molecular formula is C20H29N5S. The number of aliphatic imine (C=N–C) groups is 1. The number of rotatable bonds is 6. The Morgan fingerprint density at radius 2 is 1.96 bits per heavy atom. The van der Waals surface area contributed by atoms with E-state index in [1.165, 1.54) is 21.0 Å². The number of hydrogen-bond acceptors (Lipinski definition) is 4. The molecule has 0 spiro atoms. The maximum atomic E-state index is 4.59. The summed E-state index contributed by atoms with van der Waals surface area (Å²) in [7, 11) is 1.82. The van der Waals surface area contributed by atoms with Crippen LogP contribution in [0.5, 0.6) is 0 Å². The van der Waals surface area contributed by atoms with Crippen molar-refractivity contribution in [2.75, 3.05) is 33.2 Å². The number of hydrogen-bond donors (Lipinski definition) is 2. The number of aryl methyl sites for hydroxylation is 2. The van der Waals surface area contributed by atoms with E-state index in [0.29, 0.717) is 0 Å². The molecule has 2 aromatic rings. The molecule has 0 atom stereocenters. The zero-order chi connectivity index (χ0) is 18.4. The van der Waals surface area contributed by atoms with Gasteiger partial charge in [0, 0.05) is 51.1 Å². The van der Waals surface area contributed by atoms with Gasteiger partial charge in [0.15, 0.2) is 5.96 Å². The molecule has 26 heavy (non-hydrogen) atoms. The molecule has 0 unspecified atom stereocenters. The maximum absolute atomic E-state index is 4.59. The second kappa shape index (κ2) is 9.14. The van der Waals surface area contributed by atoms with E-state index >= 15 is 0 Å². The van der Waals surface area contributed by atoms with E-state index in [0.717, 1.165) is 57.2 Å². The highest BCUT2D eigenvalue weighted by Gasteiger charge is 2.15. The van der Waals surface area contributed by atoms with Crippen LogP contribution in [0.3, 0.4) is 0 Å². The van der Waals surface area contributed by atoms with Crippen molar-refractivity contribution >= 4 is 17.3 Å². The van der Waals surface area contributed by atoms with Crippen LogP contribution in [0.15, 0.2) is 29.3 Å². The average molecular weight is 372 g/mol. The third-order valence-corrected chi connectivity index (χ3v) is 5.99. The number of thiazole rings is 1. The van der Waals surface area contributed by atoms with Crippen LogP contribution >= 0.6 is 11.3 Å². The Bertz CT molecular complexity index is 733. The smallest absolute Gasteiger partial charge is 0.191 e. The predicted molar refractivity (Wildman–Crippen MR) is 110 cm³/mol. The SMILES string of the molecule is CN=C(NCCc1nc(C)c(C)s1)NCCN1CCc2ccccc2C1. The van der Waals surface area contributed by atoms with Crippen molar-refractivity contribution in [1.29, 1.82) is 0 Å². The van der Waals surface area contributed by atoms with Gasteiger partial charge in [0.05, 0.1) is 10.7 Å². The Morgan fingerprint density at radius 1 is 1.19 bits per heavy atom. The molecule has 5 nitrogen and oxygen atoms in total. The van der Waals surface area contributed by atoms with E-state index in [1.54, 1.807) is 11.3 Å². The van der Waals surface area contributed by atoms with E-state index in [4.69, 9.17) is 0 Å². The van der Waals surface area contributed by atoms with Crippen molar-refractivity contribution < 1.29 is 0 Å². The Labute approximate surface area is 160 Å². The van der Waals surface area contributed by atoms with Gasteiger partial charge in [-0.1, -0.05) is 24.3 Å². The molecule has 2 N–H and O–H groups in total. The summed E-state index contributed by atoms with van der Waals surface area (Å²) in [5.41, 5.74) is 4.12. The first-order valence-corrected chi connectivity index (χ1v) is 10.1. The number of nitrogens with zero attached hydrogens (tertiary/aromatic N) is 3. The molecule has 0 saturated heterocycles. The van der Waals surface area contributed by atoms with E-state index in [1.807, 2.05) is 7.05 Å². The number of nitrogens with one attached hydrogen (secondary N) is 2. The Kier molecular flexibility index (Phi) is 6.63. The quantitative estimate of drug-likeness (QED) is 0.605. The Morgan fingerprint density at radius 3 is 2.69 bits per heavy atom. The first kappa shape index (κ1) is 18.9. The molecule has 1 aromatic heterocycles. The molecule has 6 heteroatoms. The highest BCUT2D eigenvalue weighted by atomic mass is 32.1. The van der Waals surface area contributed by atoms with E-state index in [2.05, 4.69) is 63.6 Å². The summed E-state index contributed by atoms with van der Waals surface area (Å²) in [6.45, 7) is 9.16. The van der Waals surface area contributed by atoms with Gasteiger partial charge in [-0.05, 0) is 31.4 Å². The predicted octanol–water partition coefficient (Wildman–Crippen LogP) is 2.53. The third-order valence-electron chi connectivity index (χ3n) is 4.86. The van der Waals surface area contributed by atoms with Gasteiger partial charge in [0.2, 0.25) is 0 Å². The fraction of sp³-hybridized carbons (Fsp3) is 0.500. The Hall–Kier alpha value is -1.92. The zero-order valence-electron chi connectivity index (χ0n) is 16.0. The van der Waals surface area contributed by atoms with Gasteiger partial charge in [-0.15, -0.1) is 11.3 Å². The molecule has 1 aliphatic heterocycles. The van der Waals surface area contributed by atoms with Crippen molar-refractivity contribution in [3.63, 3.8) is 0 Å². The van der Waals surface area contributed by atoms with Crippen LogP contribution in [-0.4, -0.2) is 49.1 Å². The van der Waals surface area contributed by atoms with Gasteiger partial charge < -0.3 is 10.6 Å². The fourth-order valence-corrected chi connectivity index (χ4v) is 4.17. The summed E-state index contributed by atoms with van der Waals surface area (Å²) in [4.78, 5) is 12.7. The minimum Gasteiger partial charge on any atom is -0.356 e. The molecule has 0 saturated carbocycles. The molecule has 0 amide bonds. The lowest BCUT2D eigenvalue weighted by molar-refractivity contribution is 0.258. The maximum Gasteiger partial charge on any atom is 0.191 e. The zero-order valence-corrected chi connectivity index (χ0v) is 16.8. The minimum absolute atomic E-state index is 0.850. The van der Waals surface area contributed by atoms with Crippen LogP contribution in [0.2, 0.25) is 0 Å². The Balaban J connectivity index is 1.37. The van der Waals surface area contributed by atoms with Crippen LogP contribution in [-0.2, 0) is 19.4 Å². The van der Waals surface area contributed by atoms with Crippen molar-refractivity contribution in [3.05, 3.63) is 51.0 Å². The van der Waals surface area contributed by atoms with Crippen LogP contribution in [0.1, 0.15) is 26.7 Å². The van der Waals surface area contributed by atoms with Crippen LogP contribution in [0.4, 0.5) is 0 Å². The molecule has 0 aliphatic carbocycles. The molecule has 3 rings (SSSR count). The fourth-order valence-electron chi connectivity index (χ4n) is 3.23. The summed E-state index contributed by atoms with van der Waals surface area (Å²) in [5.74, 6) is 0.868. The second-order valence-corrected chi connectivity index (χ2v) is 8.01. The molecular weight excluding hydrogens is 342 g/mol. The molecule has 140 valence electrons. The summed E-state index contributed by atoms with van der Waals surface area (Å²) in [6, 6.07) is 8.78. The molecule has 0 fully saturated rings. The number of guanidine groups is 1. The molecule has 1 aliphatic rings. The van der Waals surface area contributed by atoms with Crippen molar-refractivity contribution in [3.8, 4) is 0 Å². The van der Waals surface area contributed by atoms with Crippen LogP contribution in [0.25, 0.3) is 0 Å². The van der Waals surface area contributed by atoms with Crippen molar-refractivity contribution in [2.24, 2.45) is 4.99 Å². The molecule has 0 radical (unpaired) electrons. The van der Waals surface area contributed by atoms with Gasteiger partial charge >= 0.3 is 0 Å². The van der Waals surface area contributed by atoms with E-state index < -0.39 is 0 Å². The van der Waals surface area contributed by atoms with Crippen LogP contribution < -0.4 is 10.6 Å². The lowest BCUT2D eigenvalue weighted by Crippen LogP contribution is -2.43. The summed E-state index contributed by atoms with van der Waals surface area (Å²) in [5, 5.41) is 8.00. The van der Waals surface area contributed by atoms with Crippen molar-refractivity contribution in [1.82, 2.24) is 20.5 Å². The van der Waals surface area contributed by atoms with Crippen molar-refractivity contribution in [2.45, 2.75) is 33.2 Å². The van der Waals surface area contributed by atoms with Gasteiger partial charge in [-0.3, -0.25) is 9.89 Å². The standard InChI is InChI=1S/C20H29N5S/c1-15-16(2)26-19(24-15)8-10-22-20(21-3)23-11-13-25-12-9-17-6-4-5-7-18(17)14-25/h4-7H,8-14H2,1-3H3,(H2,21,22,23). The molecule has 2 heterocycles. The minimum atomic E-state index is 0.850. The normalized spacial score (nSPS) is 15.0. The van der Waals surface area contributed by atoms with E-state index in [-0.39, 0.29) is 0 Å². The second-order valence-electron chi connectivity index (χ2n) is 6.72. The van der Waals surface area contributed by atoms with Gasteiger partial charge in [-0.25, -0.2) is 4.98 Å². The monoisotopic (exact) mass is 371 g/mol. The first-order chi connectivity index (χ1) is 12.7.